The van der Waals surface area contributed by atoms with Gasteiger partial charge in [0.05, 0.1) is 30.1 Å². The number of anilines is 1. The zero-order chi connectivity index (χ0) is 15.0. The van der Waals surface area contributed by atoms with Crippen LogP contribution in [0.4, 0.5) is 5.69 Å². The number of rotatable bonds is 8. The van der Waals surface area contributed by atoms with E-state index < -0.39 is 0 Å². The molecule has 1 unspecified atom stereocenters. The van der Waals surface area contributed by atoms with Gasteiger partial charge in [0.25, 0.3) is 5.91 Å². The summed E-state index contributed by atoms with van der Waals surface area (Å²) in [7, 11) is 1.64. The largest absolute Gasteiger partial charge is 0.383 e. The van der Waals surface area contributed by atoms with E-state index >= 15 is 0 Å². The molecule has 0 aromatic carbocycles. The lowest BCUT2D eigenvalue weighted by molar-refractivity contribution is 0.0867. The molecule has 1 heterocycles. The van der Waals surface area contributed by atoms with E-state index in [0.717, 1.165) is 18.7 Å². The van der Waals surface area contributed by atoms with Gasteiger partial charge >= 0.3 is 0 Å². The second-order valence-electron chi connectivity index (χ2n) is 5.13. The van der Waals surface area contributed by atoms with E-state index in [9.17, 15) is 4.79 Å². The van der Waals surface area contributed by atoms with Crippen LogP contribution < -0.4 is 10.6 Å². The summed E-state index contributed by atoms with van der Waals surface area (Å²) < 4.78 is 5.15. The first-order valence-electron chi connectivity index (χ1n) is 7.07. The second kappa shape index (κ2) is 8.53. The number of aromatic nitrogens is 1. The van der Waals surface area contributed by atoms with Gasteiger partial charge < -0.3 is 15.4 Å². The Balaban J connectivity index is 2.80. The third kappa shape index (κ3) is 4.81. The van der Waals surface area contributed by atoms with Crippen molar-refractivity contribution >= 4 is 11.6 Å². The number of hydrogen-bond acceptors (Lipinski definition) is 4. The molecule has 0 aliphatic rings. The Morgan fingerprint density at radius 1 is 1.45 bits per heavy atom. The Hall–Kier alpha value is -1.62. The van der Waals surface area contributed by atoms with Gasteiger partial charge in [-0.15, -0.1) is 0 Å². The molecule has 5 nitrogen and oxygen atoms in total. The van der Waals surface area contributed by atoms with Gasteiger partial charge in [-0.25, -0.2) is 0 Å². The summed E-state index contributed by atoms with van der Waals surface area (Å²) in [5, 5.41) is 6.24. The molecule has 1 atom stereocenters. The van der Waals surface area contributed by atoms with Crippen molar-refractivity contribution in [2.45, 2.75) is 33.2 Å². The van der Waals surface area contributed by atoms with Crippen molar-refractivity contribution in [2.75, 3.05) is 25.6 Å². The summed E-state index contributed by atoms with van der Waals surface area (Å²) in [4.78, 5) is 16.4. The van der Waals surface area contributed by atoms with Crippen molar-refractivity contribution in [3.05, 3.63) is 24.0 Å². The van der Waals surface area contributed by atoms with Gasteiger partial charge in [-0.05, 0) is 18.4 Å². The van der Waals surface area contributed by atoms with E-state index in [1.54, 1.807) is 25.6 Å². The molecule has 0 aliphatic carbocycles. The topological polar surface area (TPSA) is 63.2 Å². The lowest BCUT2D eigenvalue weighted by Crippen LogP contribution is -2.41. The van der Waals surface area contributed by atoms with Crippen LogP contribution in [-0.2, 0) is 4.74 Å². The molecule has 0 spiro atoms. The fourth-order valence-corrected chi connectivity index (χ4v) is 1.82. The molecule has 0 radical (unpaired) electrons. The predicted octanol–water partition coefficient (Wildman–Crippen LogP) is 2.30. The van der Waals surface area contributed by atoms with Crippen LogP contribution in [0.5, 0.6) is 0 Å². The van der Waals surface area contributed by atoms with Crippen LogP contribution in [0.1, 0.15) is 37.6 Å². The van der Waals surface area contributed by atoms with Crippen molar-refractivity contribution in [3.63, 3.8) is 0 Å². The van der Waals surface area contributed by atoms with Crippen LogP contribution in [-0.4, -0.2) is 37.2 Å². The molecular weight excluding hydrogens is 254 g/mol. The fraction of sp³-hybridized carbons (Fsp3) is 0.600. The van der Waals surface area contributed by atoms with E-state index in [0.29, 0.717) is 18.1 Å². The molecule has 1 aromatic heterocycles. The Bertz CT molecular complexity index is 421. The molecule has 2 N–H and O–H groups in total. The summed E-state index contributed by atoms with van der Waals surface area (Å²) in [6, 6.07) is 1.73. The second-order valence-corrected chi connectivity index (χ2v) is 5.13. The van der Waals surface area contributed by atoms with Gasteiger partial charge in [-0.2, -0.15) is 0 Å². The minimum absolute atomic E-state index is 0.000287. The highest BCUT2D eigenvalue weighted by Gasteiger charge is 2.18. The summed E-state index contributed by atoms with van der Waals surface area (Å²) in [5.74, 6) is 0.217. The zero-order valence-corrected chi connectivity index (χ0v) is 12.8. The van der Waals surface area contributed by atoms with Crippen LogP contribution in [0.25, 0.3) is 0 Å². The fourth-order valence-electron chi connectivity index (χ4n) is 1.82. The van der Waals surface area contributed by atoms with Crippen LogP contribution in [0.15, 0.2) is 18.5 Å². The number of carbonyl (C=O) groups excluding carboxylic acids is 1. The zero-order valence-electron chi connectivity index (χ0n) is 12.8. The van der Waals surface area contributed by atoms with Gasteiger partial charge in [-0.1, -0.05) is 20.8 Å². The number of amides is 1. The SMILES string of the molecule is CCCNc1cnccc1C(=O)NC(COC)C(C)C. The van der Waals surface area contributed by atoms with Crippen LogP contribution in [0, 0.1) is 5.92 Å². The lowest BCUT2D eigenvalue weighted by atomic mass is 10.0. The van der Waals surface area contributed by atoms with E-state index in [1.807, 2.05) is 0 Å². The number of pyridine rings is 1. The minimum Gasteiger partial charge on any atom is -0.383 e. The number of hydrogen-bond donors (Lipinski definition) is 2. The van der Waals surface area contributed by atoms with Crippen molar-refractivity contribution in [1.82, 2.24) is 10.3 Å². The molecule has 5 heteroatoms. The number of nitrogens with one attached hydrogen (secondary N) is 2. The van der Waals surface area contributed by atoms with Gasteiger partial charge in [0, 0.05) is 19.9 Å². The van der Waals surface area contributed by atoms with Gasteiger partial charge in [0.1, 0.15) is 0 Å². The van der Waals surface area contributed by atoms with E-state index in [-0.39, 0.29) is 11.9 Å². The first kappa shape index (κ1) is 16.4. The average Bonchev–Trinajstić information content (AvgIpc) is 2.44. The molecule has 0 fully saturated rings. The Kier molecular flexibility index (Phi) is 7.01. The van der Waals surface area contributed by atoms with Crippen molar-refractivity contribution in [3.8, 4) is 0 Å². The molecule has 1 aromatic rings. The molecule has 0 aliphatic heterocycles. The summed E-state index contributed by atoms with van der Waals surface area (Å²) in [5.41, 5.74) is 1.39. The van der Waals surface area contributed by atoms with Crippen molar-refractivity contribution < 1.29 is 9.53 Å². The molecule has 0 saturated heterocycles. The highest BCUT2D eigenvalue weighted by molar-refractivity contribution is 5.99. The highest BCUT2D eigenvalue weighted by Crippen LogP contribution is 2.14. The molecule has 0 saturated carbocycles. The monoisotopic (exact) mass is 279 g/mol. The van der Waals surface area contributed by atoms with Crippen LogP contribution in [0.2, 0.25) is 0 Å². The highest BCUT2D eigenvalue weighted by atomic mass is 16.5. The molecule has 1 amide bonds. The number of methoxy groups -OCH3 is 1. The quantitative estimate of drug-likeness (QED) is 0.766. The minimum atomic E-state index is -0.0956. The molecule has 0 bridgehead atoms. The first-order chi connectivity index (χ1) is 9.60. The summed E-state index contributed by atoms with van der Waals surface area (Å²) in [6.45, 7) is 7.53. The number of carbonyl (C=O) groups is 1. The van der Waals surface area contributed by atoms with Crippen LogP contribution in [0.3, 0.4) is 0 Å². The lowest BCUT2D eigenvalue weighted by Gasteiger charge is -2.22. The third-order valence-electron chi connectivity index (χ3n) is 3.10. The van der Waals surface area contributed by atoms with Crippen LogP contribution >= 0.6 is 0 Å². The van der Waals surface area contributed by atoms with Gasteiger partial charge in [0.2, 0.25) is 0 Å². The summed E-state index contributed by atoms with van der Waals surface area (Å²) in [6.07, 6.45) is 4.31. The summed E-state index contributed by atoms with van der Waals surface area (Å²) >= 11 is 0. The van der Waals surface area contributed by atoms with E-state index in [1.165, 1.54) is 0 Å². The first-order valence-corrected chi connectivity index (χ1v) is 7.07. The molecular formula is C15H25N3O2. The van der Waals surface area contributed by atoms with E-state index in [4.69, 9.17) is 4.74 Å². The average molecular weight is 279 g/mol. The van der Waals surface area contributed by atoms with Crippen molar-refractivity contribution in [1.29, 1.82) is 0 Å². The Labute approximate surface area is 121 Å². The predicted molar refractivity (Wildman–Crippen MR) is 81.0 cm³/mol. The number of ether oxygens (including phenoxy) is 1. The molecule has 112 valence electrons. The van der Waals surface area contributed by atoms with Gasteiger partial charge in [-0.3, -0.25) is 9.78 Å². The van der Waals surface area contributed by atoms with E-state index in [2.05, 4.69) is 36.4 Å². The standard InChI is InChI=1S/C15H25N3O2/c1-5-7-17-13-9-16-8-6-12(13)15(19)18-14(10-20-4)11(2)3/h6,8-9,11,14,17H,5,7,10H2,1-4H3,(H,18,19). The Morgan fingerprint density at radius 3 is 2.80 bits per heavy atom. The third-order valence-corrected chi connectivity index (χ3v) is 3.10. The molecule has 1 rings (SSSR count). The van der Waals surface area contributed by atoms with Crippen molar-refractivity contribution in [2.24, 2.45) is 5.92 Å². The maximum Gasteiger partial charge on any atom is 0.253 e. The molecule has 20 heavy (non-hydrogen) atoms. The maximum atomic E-state index is 12.4. The number of nitrogens with zero attached hydrogens (tertiary/aromatic N) is 1. The maximum absolute atomic E-state index is 12.4. The Morgan fingerprint density at radius 2 is 2.20 bits per heavy atom. The smallest absolute Gasteiger partial charge is 0.253 e. The van der Waals surface area contributed by atoms with Gasteiger partial charge in [0.15, 0.2) is 0 Å². The normalized spacial score (nSPS) is 12.2.